The normalized spacial score (nSPS) is 45.5. The van der Waals surface area contributed by atoms with Crippen LogP contribution in [0.4, 0.5) is 0 Å². The molecule has 1 aliphatic heterocycles. The number of amides is 1. The second-order valence-corrected chi connectivity index (χ2v) is 11.9. The number of rotatable bonds is 3. The molecule has 1 aromatic carbocycles. The van der Waals surface area contributed by atoms with E-state index in [1.807, 2.05) is 56.3 Å². The molecule has 4 rings (SSSR count). The first-order valence-corrected chi connectivity index (χ1v) is 13.3. The summed E-state index contributed by atoms with van der Waals surface area (Å²) in [7, 11) is 0. The first kappa shape index (κ1) is 27.6. The van der Waals surface area contributed by atoms with Crippen LogP contribution in [0.1, 0.15) is 53.0 Å². The molecule has 0 aromatic heterocycles. The third kappa shape index (κ3) is 4.89. The summed E-state index contributed by atoms with van der Waals surface area (Å²) in [6, 6.07) is 9.44. The van der Waals surface area contributed by atoms with Crippen molar-refractivity contribution in [2.45, 2.75) is 83.3 Å². The summed E-state index contributed by atoms with van der Waals surface area (Å²) in [5, 5.41) is 37.5. The van der Waals surface area contributed by atoms with Gasteiger partial charge in [0.25, 0.3) is 0 Å². The van der Waals surface area contributed by atoms with Crippen molar-refractivity contribution in [3.05, 3.63) is 60.2 Å². The smallest absolute Gasteiger partial charge is 0.303 e. The highest BCUT2D eigenvalue weighted by Gasteiger charge is 2.72. The molecule has 1 aromatic rings. The number of aliphatic hydroxyl groups is 3. The van der Waals surface area contributed by atoms with Gasteiger partial charge >= 0.3 is 5.97 Å². The molecule has 1 amide bonds. The SMILES string of the molecule is CC(=O)O[C@@H]1/C=C/[C@](C)(O)C[C@@H](C)C/C=C/[C@H]2[C@H](O)[C@@](C)(O)[C@@H](C)[C@H]3[C@H](Cc4ccccc4)NC(=O)[C@@]312. The van der Waals surface area contributed by atoms with Gasteiger partial charge in [-0.25, -0.2) is 0 Å². The average molecular weight is 512 g/mol. The second-order valence-electron chi connectivity index (χ2n) is 11.9. The van der Waals surface area contributed by atoms with E-state index in [0.29, 0.717) is 19.3 Å². The fourth-order valence-electron chi connectivity index (χ4n) is 7.16. The molecule has 0 bridgehead atoms. The highest BCUT2D eigenvalue weighted by atomic mass is 16.5. The minimum atomic E-state index is -1.49. The predicted octanol–water partition coefficient (Wildman–Crippen LogP) is 2.93. The van der Waals surface area contributed by atoms with Crippen molar-refractivity contribution in [1.82, 2.24) is 5.32 Å². The maximum absolute atomic E-state index is 14.2. The van der Waals surface area contributed by atoms with Crippen molar-refractivity contribution in [3.8, 4) is 0 Å². The quantitative estimate of drug-likeness (QED) is 0.366. The van der Waals surface area contributed by atoms with Gasteiger partial charge in [-0.1, -0.05) is 62.4 Å². The van der Waals surface area contributed by atoms with Gasteiger partial charge in [-0.3, -0.25) is 9.59 Å². The number of ether oxygens (including phenoxy) is 1. The van der Waals surface area contributed by atoms with Crippen LogP contribution in [0.25, 0.3) is 0 Å². The summed E-state index contributed by atoms with van der Waals surface area (Å²) in [6.07, 6.45) is 6.27. The standard InChI is InChI=1S/C30H41NO6/c1-18-10-9-13-22-26(33)29(5,36)19(2)25-23(16-21-11-7-6-8-12-21)31-27(34)30(22,25)24(37-20(3)32)14-15-28(4,35)17-18/h6-9,11-15,18-19,22-26,33,35-36H,10,16-17H2,1-5H3,(H,31,34)/b13-9+,15-14+/t18-,19-,22-,23-,24+,25-,26-,28-,29-,30+/m0/s1. The molecule has 0 unspecified atom stereocenters. The van der Waals surface area contributed by atoms with E-state index in [-0.39, 0.29) is 17.9 Å². The first-order valence-electron chi connectivity index (χ1n) is 13.3. The third-order valence-electron chi connectivity index (χ3n) is 8.98. The molecule has 4 N–H and O–H groups in total. The fraction of sp³-hybridized carbons (Fsp3) is 0.600. The van der Waals surface area contributed by atoms with Gasteiger partial charge in [0.15, 0.2) is 0 Å². The lowest BCUT2D eigenvalue weighted by molar-refractivity contribution is -0.217. The maximum atomic E-state index is 14.2. The molecule has 1 heterocycles. The maximum Gasteiger partial charge on any atom is 0.303 e. The minimum absolute atomic E-state index is 0.122. The predicted molar refractivity (Wildman–Crippen MR) is 140 cm³/mol. The Morgan fingerprint density at radius 3 is 2.46 bits per heavy atom. The van der Waals surface area contributed by atoms with Gasteiger partial charge in [-0.05, 0) is 56.6 Å². The molecule has 7 heteroatoms. The zero-order valence-corrected chi connectivity index (χ0v) is 22.4. The summed E-state index contributed by atoms with van der Waals surface area (Å²) < 4.78 is 5.87. The molecule has 2 aliphatic carbocycles. The number of carbonyl (C=O) groups excluding carboxylic acids is 2. The van der Waals surface area contributed by atoms with E-state index in [1.54, 1.807) is 26.0 Å². The van der Waals surface area contributed by atoms with Crippen LogP contribution in [0, 0.1) is 29.1 Å². The zero-order chi connectivity index (χ0) is 27.2. The van der Waals surface area contributed by atoms with Gasteiger partial charge in [0.2, 0.25) is 5.91 Å². The molecule has 1 spiro atoms. The molecular formula is C30H41NO6. The molecular weight excluding hydrogens is 470 g/mol. The van der Waals surface area contributed by atoms with Gasteiger partial charge in [0.05, 0.1) is 17.3 Å². The highest BCUT2D eigenvalue weighted by molar-refractivity contribution is 5.89. The van der Waals surface area contributed by atoms with Crippen LogP contribution in [-0.2, 0) is 20.7 Å². The van der Waals surface area contributed by atoms with E-state index < -0.39 is 52.5 Å². The number of allylic oxidation sites excluding steroid dienone is 1. The topological polar surface area (TPSA) is 116 Å². The van der Waals surface area contributed by atoms with Gasteiger partial charge in [-0.2, -0.15) is 0 Å². The van der Waals surface area contributed by atoms with E-state index in [1.165, 1.54) is 6.92 Å². The van der Waals surface area contributed by atoms with E-state index in [0.717, 1.165) is 5.56 Å². The van der Waals surface area contributed by atoms with Crippen molar-refractivity contribution in [1.29, 1.82) is 0 Å². The molecule has 0 radical (unpaired) electrons. The number of aliphatic hydroxyl groups excluding tert-OH is 1. The summed E-state index contributed by atoms with van der Waals surface area (Å²) in [4.78, 5) is 26.6. The van der Waals surface area contributed by atoms with Crippen LogP contribution in [0.3, 0.4) is 0 Å². The van der Waals surface area contributed by atoms with E-state index in [9.17, 15) is 24.9 Å². The molecule has 37 heavy (non-hydrogen) atoms. The number of hydrogen-bond acceptors (Lipinski definition) is 6. The van der Waals surface area contributed by atoms with Crippen molar-refractivity contribution in [2.75, 3.05) is 0 Å². The number of hydrogen-bond donors (Lipinski definition) is 4. The molecule has 2 fully saturated rings. The summed E-state index contributed by atoms with van der Waals surface area (Å²) in [5.41, 5.74) is -3.03. The zero-order valence-electron chi connectivity index (χ0n) is 22.4. The Hall–Kier alpha value is -2.48. The molecule has 7 nitrogen and oxygen atoms in total. The number of esters is 1. The first-order chi connectivity index (χ1) is 17.3. The summed E-state index contributed by atoms with van der Waals surface area (Å²) >= 11 is 0. The molecule has 1 saturated carbocycles. The van der Waals surface area contributed by atoms with E-state index in [2.05, 4.69) is 5.32 Å². The van der Waals surface area contributed by atoms with Crippen LogP contribution in [0.5, 0.6) is 0 Å². The fourth-order valence-corrected chi connectivity index (χ4v) is 7.16. The van der Waals surface area contributed by atoms with Crippen LogP contribution in [-0.4, -0.2) is 56.6 Å². The van der Waals surface area contributed by atoms with Crippen LogP contribution < -0.4 is 5.32 Å². The van der Waals surface area contributed by atoms with Gasteiger partial charge in [0, 0.05) is 24.8 Å². The largest absolute Gasteiger partial charge is 0.457 e. The third-order valence-corrected chi connectivity index (χ3v) is 8.98. The Morgan fingerprint density at radius 2 is 1.81 bits per heavy atom. The summed E-state index contributed by atoms with van der Waals surface area (Å²) in [6.45, 7) is 8.50. The van der Waals surface area contributed by atoms with Gasteiger partial charge in [0.1, 0.15) is 11.5 Å². The Morgan fingerprint density at radius 1 is 1.14 bits per heavy atom. The number of carbonyl (C=O) groups is 2. The summed E-state index contributed by atoms with van der Waals surface area (Å²) in [5.74, 6) is -2.59. The Bertz CT molecular complexity index is 1060. The van der Waals surface area contributed by atoms with E-state index in [4.69, 9.17) is 4.74 Å². The Balaban J connectivity index is 1.95. The average Bonchev–Trinajstić information content (AvgIpc) is 3.08. The Kier molecular flexibility index (Phi) is 7.45. The number of benzene rings is 1. The molecule has 202 valence electrons. The van der Waals surface area contributed by atoms with Crippen LogP contribution in [0.15, 0.2) is 54.6 Å². The second kappa shape index (κ2) is 10.0. The van der Waals surface area contributed by atoms with Gasteiger partial charge in [-0.15, -0.1) is 0 Å². The van der Waals surface area contributed by atoms with Crippen molar-refractivity contribution < 1.29 is 29.6 Å². The Labute approximate surface area is 219 Å². The monoisotopic (exact) mass is 511 g/mol. The lowest BCUT2D eigenvalue weighted by atomic mass is 9.48. The van der Waals surface area contributed by atoms with Crippen molar-refractivity contribution in [3.63, 3.8) is 0 Å². The van der Waals surface area contributed by atoms with Gasteiger partial charge < -0.3 is 25.4 Å². The molecule has 10 atom stereocenters. The molecule has 3 aliphatic rings. The molecule has 1 saturated heterocycles. The lowest BCUT2D eigenvalue weighted by Gasteiger charge is -2.57. The minimum Gasteiger partial charge on any atom is -0.457 e. The van der Waals surface area contributed by atoms with Crippen LogP contribution >= 0.6 is 0 Å². The van der Waals surface area contributed by atoms with Crippen molar-refractivity contribution in [2.24, 2.45) is 29.1 Å². The number of nitrogens with one attached hydrogen (secondary N) is 1. The van der Waals surface area contributed by atoms with Crippen molar-refractivity contribution >= 4 is 11.9 Å². The van der Waals surface area contributed by atoms with Crippen LogP contribution in [0.2, 0.25) is 0 Å². The highest BCUT2D eigenvalue weighted by Crippen LogP contribution is 2.60. The lowest BCUT2D eigenvalue weighted by Crippen LogP contribution is -2.68. The van der Waals surface area contributed by atoms with E-state index >= 15 is 0 Å².